The molecule has 22 heavy (non-hydrogen) atoms. The molecule has 0 radical (unpaired) electrons. The molecular formula is C16H27NO5. The van der Waals surface area contributed by atoms with Crippen molar-refractivity contribution in [2.24, 2.45) is 5.73 Å². The van der Waals surface area contributed by atoms with Crippen LogP contribution in [0.1, 0.15) is 6.42 Å². The smallest absolute Gasteiger partial charge is 0.308 e. The predicted molar refractivity (Wildman–Crippen MR) is 85.6 cm³/mol. The van der Waals surface area contributed by atoms with Gasteiger partial charge in [-0.1, -0.05) is 31.4 Å². The van der Waals surface area contributed by atoms with Gasteiger partial charge in [0.25, 0.3) is 0 Å². The molecule has 0 atom stereocenters. The van der Waals surface area contributed by atoms with E-state index in [1.165, 1.54) is 0 Å². The Kier molecular flexibility index (Phi) is 14.8. The van der Waals surface area contributed by atoms with Crippen LogP contribution in [0.3, 0.4) is 0 Å². The molecule has 0 fully saturated rings. The lowest BCUT2D eigenvalue weighted by Crippen LogP contribution is -2.14. The highest BCUT2D eigenvalue weighted by Gasteiger charge is 2.03. The van der Waals surface area contributed by atoms with Gasteiger partial charge in [-0.2, -0.15) is 0 Å². The molecule has 0 saturated heterocycles. The van der Waals surface area contributed by atoms with Crippen LogP contribution >= 0.6 is 0 Å². The first-order valence-electron chi connectivity index (χ1n) is 7.27. The van der Waals surface area contributed by atoms with E-state index in [1.54, 1.807) is 18.2 Å². The quantitative estimate of drug-likeness (QED) is 0.278. The maximum absolute atomic E-state index is 11.5. The summed E-state index contributed by atoms with van der Waals surface area (Å²) in [5, 5.41) is 0. The minimum absolute atomic E-state index is 0.195. The van der Waals surface area contributed by atoms with Crippen molar-refractivity contribution in [2.75, 3.05) is 52.8 Å². The monoisotopic (exact) mass is 313 g/mol. The molecule has 0 aromatic rings. The second kappa shape index (κ2) is 15.9. The number of ether oxygens (including phenoxy) is 4. The highest BCUT2D eigenvalue weighted by atomic mass is 16.5. The van der Waals surface area contributed by atoms with Crippen LogP contribution in [0.4, 0.5) is 0 Å². The van der Waals surface area contributed by atoms with Gasteiger partial charge in [0.2, 0.25) is 0 Å². The van der Waals surface area contributed by atoms with E-state index in [4.69, 9.17) is 24.7 Å². The van der Waals surface area contributed by atoms with Crippen LogP contribution in [0, 0.1) is 0 Å². The Balaban J connectivity index is 3.40. The molecule has 126 valence electrons. The number of carbonyl (C=O) groups is 1. The van der Waals surface area contributed by atoms with Crippen LogP contribution in [-0.4, -0.2) is 58.8 Å². The first-order chi connectivity index (χ1) is 10.7. The van der Waals surface area contributed by atoms with Crippen LogP contribution in [0.5, 0.6) is 0 Å². The summed E-state index contributed by atoms with van der Waals surface area (Å²) in [7, 11) is 0. The van der Waals surface area contributed by atoms with Gasteiger partial charge in [-0.05, 0) is 5.57 Å². The van der Waals surface area contributed by atoms with Gasteiger partial charge in [0.1, 0.15) is 6.61 Å². The minimum Gasteiger partial charge on any atom is -0.461 e. The van der Waals surface area contributed by atoms with Gasteiger partial charge in [-0.25, -0.2) is 0 Å². The maximum atomic E-state index is 11.5. The molecule has 0 aliphatic carbocycles. The lowest BCUT2D eigenvalue weighted by Gasteiger charge is -2.07. The van der Waals surface area contributed by atoms with Gasteiger partial charge in [-0.15, -0.1) is 0 Å². The minimum atomic E-state index is -0.312. The highest BCUT2D eigenvalue weighted by molar-refractivity contribution is 5.69. The van der Waals surface area contributed by atoms with Crippen molar-refractivity contribution in [3.05, 3.63) is 37.0 Å². The molecule has 2 N–H and O–H groups in total. The molecule has 0 rings (SSSR count). The lowest BCUT2D eigenvalue weighted by atomic mass is 10.2. The Bertz CT molecular complexity index is 341. The number of carbonyl (C=O) groups excluding carboxylic acids is 1. The Morgan fingerprint density at radius 2 is 1.55 bits per heavy atom. The molecule has 0 heterocycles. The van der Waals surface area contributed by atoms with Gasteiger partial charge >= 0.3 is 5.97 Å². The van der Waals surface area contributed by atoms with Gasteiger partial charge in [0.05, 0.1) is 46.1 Å². The topological polar surface area (TPSA) is 80.0 Å². The zero-order valence-corrected chi connectivity index (χ0v) is 13.1. The van der Waals surface area contributed by atoms with Gasteiger partial charge < -0.3 is 24.7 Å². The van der Waals surface area contributed by atoms with Crippen LogP contribution in [0.2, 0.25) is 0 Å². The molecule has 6 nitrogen and oxygen atoms in total. The van der Waals surface area contributed by atoms with Crippen molar-refractivity contribution in [3.8, 4) is 0 Å². The number of nitrogens with two attached hydrogens (primary N) is 1. The van der Waals surface area contributed by atoms with Gasteiger partial charge in [0, 0.05) is 6.54 Å². The maximum Gasteiger partial charge on any atom is 0.308 e. The number of rotatable bonds is 15. The summed E-state index contributed by atoms with van der Waals surface area (Å²) < 4.78 is 20.8. The first kappa shape index (κ1) is 20.5. The fourth-order valence-electron chi connectivity index (χ4n) is 1.34. The molecule has 0 aromatic heterocycles. The van der Waals surface area contributed by atoms with Crippen molar-refractivity contribution < 1.29 is 23.7 Å². The van der Waals surface area contributed by atoms with Crippen molar-refractivity contribution >= 4 is 5.97 Å². The second-order valence-electron chi connectivity index (χ2n) is 4.22. The summed E-state index contributed by atoms with van der Waals surface area (Å²) in [6.45, 7) is 10.7. The van der Waals surface area contributed by atoms with Crippen molar-refractivity contribution in [3.63, 3.8) is 0 Å². The Morgan fingerprint density at radius 1 is 0.955 bits per heavy atom. The summed E-state index contributed by atoms with van der Waals surface area (Å²) in [6.07, 6.45) is 5.19. The van der Waals surface area contributed by atoms with Crippen LogP contribution in [-0.2, 0) is 23.7 Å². The molecule has 0 aliphatic rings. The summed E-state index contributed by atoms with van der Waals surface area (Å²) >= 11 is 0. The van der Waals surface area contributed by atoms with E-state index < -0.39 is 0 Å². The highest BCUT2D eigenvalue weighted by Crippen LogP contribution is 1.99. The first-order valence-corrected chi connectivity index (χ1v) is 7.27. The fourth-order valence-corrected chi connectivity index (χ4v) is 1.34. The summed E-state index contributed by atoms with van der Waals surface area (Å²) in [6, 6.07) is 0. The zero-order chi connectivity index (χ0) is 16.5. The Hall–Kier alpha value is -1.47. The fraction of sp³-hybridized carbons (Fsp3) is 0.562. The van der Waals surface area contributed by atoms with E-state index in [0.717, 1.165) is 5.57 Å². The molecule has 0 aromatic carbocycles. The molecule has 0 bridgehead atoms. The van der Waals surface area contributed by atoms with E-state index >= 15 is 0 Å². The number of allylic oxidation sites excluding steroid dienone is 2. The molecule has 0 saturated carbocycles. The third-order valence-electron chi connectivity index (χ3n) is 2.45. The number of esters is 1. The van der Waals surface area contributed by atoms with E-state index in [2.05, 4.69) is 13.2 Å². The molecular weight excluding hydrogens is 286 g/mol. The predicted octanol–water partition coefficient (Wildman–Crippen LogP) is 1.23. The van der Waals surface area contributed by atoms with Crippen molar-refractivity contribution in [2.45, 2.75) is 6.42 Å². The third-order valence-corrected chi connectivity index (χ3v) is 2.45. The molecule has 0 unspecified atom stereocenters. The standard InChI is InChI=1S/C16H27NO5/c1-3-5-15(4-2)14-22-16(18)6-8-19-10-12-21-13-11-20-9-7-17/h3-5H,1-2,6-14,17H2/b15-5+. The Morgan fingerprint density at radius 3 is 2.09 bits per heavy atom. The molecule has 6 heteroatoms. The normalized spacial score (nSPS) is 11.2. The van der Waals surface area contributed by atoms with Crippen LogP contribution < -0.4 is 5.73 Å². The average Bonchev–Trinajstić information content (AvgIpc) is 2.53. The van der Waals surface area contributed by atoms with Crippen LogP contribution in [0.25, 0.3) is 0 Å². The molecule has 0 amide bonds. The summed E-state index contributed by atoms with van der Waals surface area (Å²) in [5.74, 6) is -0.312. The van der Waals surface area contributed by atoms with Crippen LogP contribution in [0.15, 0.2) is 37.0 Å². The van der Waals surface area contributed by atoms with Gasteiger partial charge in [-0.3, -0.25) is 4.79 Å². The van der Waals surface area contributed by atoms with E-state index in [9.17, 15) is 4.79 Å². The lowest BCUT2D eigenvalue weighted by molar-refractivity contribution is -0.143. The van der Waals surface area contributed by atoms with Crippen molar-refractivity contribution in [1.29, 1.82) is 0 Å². The third kappa shape index (κ3) is 13.5. The Labute approximate surface area is 132 Å². The van der Waals surface area contributed by atoms with E-state index in [-0.39, 0.29) is 19.0 Å². The zero-order valence-electron chi connectivity index (χ0n) is 13.1. The average molecular weight is 313 g/mol. The number of hydrogen-bond donors (Lipinski definition) is 1. The summed E-state index contributed by atoms with van der Waals surface area (Å²) in [4.78, 5) is 11.5. The SMILES string of the molecule is C=C/C=C(\C=C)COC(=O)CCOCCOCCOCCN. The van der Waals surface area contributed by atoms with E-state index in [0.29, 0.717) is 46.2 Å². The molecule has 0 aliphatic heterocycles. The second-order valence-corrected chi connectivity index (χ2v) is 4.22. The van der Waals surface area contributed by atoms with E-state index in [1.807, 2.05) is 0 Å². The largest absolute Gasteiger partial charge is 0.461 e. The summed E-state index contributed by atoms with van der Waals surface area (Å²) in [5.41, 5.74) is 6.07. The number of hydrogen-bond acceptors (Lipinski definition) is 6. The van der Waals surface area contributed by atoms with Gasteiger partial charge in [0.15, 0.2) is 0 Å². The van der Waals surface area contributed by atoms with Crippen molar-refractivity contribution in [1.82, 2.24) is 0 Å². The molecule has 0 spiro atoms.